The van der Waals surface area contributed by atoms with Crippen molar-refractivity contribution in [2.45, 2.75) is 19.3 Å². The summed E-state index contributed by atoms with van der Waals surface area (Å²) in [6.45, 7) is 4.68. The van der Waals surface area contributed by atoms with Gasteiger partial charge in [0.1, 0.15) is 11.2 Å². The van der Waals surface area contributed by atoms with Crippen LogP contribution in [0.25, 0.3) is 55.3 Å². The molecule has 47 heavy (non-hydrogen) atoms. The minimum Gasteiger partial charge on any atom is -0.456 e. The first kappa shape index (κ1) is 27.5. The predicted molar refractivity (Wildman–Crippen MR) is 197 cm³/mol. The van der Waals surface area contributed by atoms with Crippen LogP contribution in [0.15, 0.2) is 168 Å². The minimum atomic E-state index is -0.122. The number of benzene rings is 7. The van der Waals surface area contributed by atoms with Crippen molar-refractivity contribution in [2.24, 2.45) is 0 Å². The van der Waals surface area contributed by atoms with Crippen molar-refractivity contribution in [3.63, 3.8) is 0 Å². The van der Waals surface area contributed by atoms with Gasteiger partial charge in [0, 0.05) is 39.3 Å². The van der Waals surface area contributed by atoms with Crippen molar-refractivity contribution >= 4 is 39.0 Å². The number of fused-ring (bicyclic) bond motifs is 7. The average Bonchev–Trinajstić information content (AvgIpc) is 3.61. The molecular weight excluding hydrogens is 571 g/mol. The molecule has 1 aliphatic rings. The molecule has 0 aliphatic heterocycles. The molecule has 1 aliphatic carbocycles. The zero-order chi connectivity index (χ0) is 31.5. The summed E-state index contributed by atoms with van der Waals surface area (Å²) in [5.74, 6) is 0. The predicted octanol–water partition coefficient (Wildman–Crippen LogP) is 12.7. The number of hydrogen-bond donors (Lipinski definition) is 0. The van der Waals surface area contributed by atoms with Gasteiger partial charge in [-0.1, -0.05) is 129 Å². The Balaban J connectivity index is 1.24. The van der Waals surface area contributed by atoms with E-state index in [2.05, 4.69) is 183 Å². The Morgan fingerprint density at radius 3 is 1.68 bits per heavy atom. The molecule has 8 aromatic rings. The molecule has 0 N–H and O–H groups in total. The molecule has 0 atom stereocenters. The monoisotopic (exact) mass is 603 g/mol. The molecule has 0 bridgehead atoms. The van der Waals surface area contributed by atoms with E-state index in [0.29, 0.717) is 0 Å². The first-order valence-corrected chi connectivity index (χ1v) is 16.3. The third-order valence-corrected chi connectivity index (χ3v) is 9.82. The molecule has 0 unspecified atom stereocenters. The minimum absolute atomic E-state index is 0.122. The van der Waals surface area contributed by atoms with Crippen LogP contribution in [0.1, 0.15) is 25.0 Å². The summed E-state index contributed by atoms with van der Waals surface area (Å²) in [5, 5.41) is 2.37. The molecular formula is C45H33NO. The number of hydrogen-bond acceptors (Lipinski definition) is 2. The van der Waals surface area contributed by atoms with Gasteiger partial charge in [-0.2, -0.15) is 0 Å². The highest BCUT2D eigenvalue weighted by Crippen LogP contribution is 2.53. The second-order valence-corrected chi connectivity index (χ2v) is 13.0. The Bertz CT molecular complexity index is 2350. The molecule has 7 aromatic carbocycles. The Hall–Kier alpha value is -5.86. The highest BCUT2D eigenvalue weighted by atomic mass is 16.3. The van der Waals surface area contributed by atoms with Gasteiger partial charge in [0.2, 0.25) is 0 Å². The van der Waals surface area contributed by atoms with Crippen molar-refractivity contribution in [1.29, 1.82) is 0 Å². The van der Waals surface area contributed by atoms with Crippen LogP contribution < -0.4 is 4.90 Å². The van der Waals surface area contributed by atoms with Crippen LogP contribution >= 0.6 is 0 Å². The van der Waals surface area contributed by atoms with Crippen LogP contribution in [0.5, 0.6) is 0 Å². The van der Waals surface area contributed by atoms with Gasteiger partial charge in [0.15, 0.2) is 0 Å². The van der Waals surface area contributed by atoms with E-state index in [1.807, 2.05) is 0 Å². The maximum Gasteiger partial charge on any atom is 0.137 e. The normalized spacial score (nSPS) is 13.1. The zero-order valence-corrected chi connectivity index (χ0v) is 26.4. The second-order valence-electron chi connectivity index (χ2n) is 13.0. The van der Waals surface area contributed by atoms with Crippen molar-refractivity contribution in [3.8, 4) is 33.4 Å². The van der Waals surface area contributed by atoms with Crippen LogP contribution in [0.2, 0.25) is 0 Å². The lowest BCUT2D eigenvalue weighted by Crippen LogP contribution is -2.15. The molecule has 224 valence electrons. The maximum absolute atomic E-state index is 6.69. The third-order valence-electron chi connectivity index (χ3n) is 9.82. The van der Waals surface area contributed by atoms with E-state index in [1.54, 1.807) is 0 Å². The van der Waals surface area contributed by atoms with E-state index in [4.69, 9.17) is 4.42 Å². The molecule has 0 radical (unpaired) electrons. The van der Waals surface area contributed by atoms with E-state index in [0.717, 1.165) is 33.6 Å². The zero-order valence-electron chi connectivity index (χ0n) is 26.4. The molecule has 0 saturated heterocycles. The van der Waals surface area contributed by atoms with Gasteiger partial charge in [-0.3, -0.25) is 0 Å². The molecule has 0 fully saturated rings. The first-order chi connectivity index (χ1) is 23.1. The van der Waals surface area contributed by atoms with E-state index in [9.17, 15) is 0 Å². The van der Waals surface area contributed by atoms with E-state index < -0.39 is 0 Å². The fraction of sp³-hybridized carbons (Fsp3) is 0.0667. The lowest BCUT2D eigenvalue weighted by molar-refractivity contribution is 0.657. The summed E-state index contributed by atoms with van der Waals surface area (Å²) in [6, 6.07) is 58.7. The Morgan fingerprint density at radius 2 is 1.02 bits per heavy atom. The summed E-state index contributed by atoms with van der Waals surface area (Å²) in [6.07, 6.45) is 0. The maximum atomic E-state index is 6.69. The summed E-state index contributed by atoms with van der Waals surface area (Å²) >= 11 is 0. The van der Waals surface area contributed by atoms with Gasteiger partial charge in [0.05, 0.1) is 0 Å². The quantitative estimate of drug-likeness (QED) is 0.195. The fourth-order valence-electron chi connectivity index (χ4n) is 7.62. The second kappa shape index (κ2) is 10.6. The van der Waals surface area contributed by atoms with Crippen LogP contribution in [0.4, 0.5) is 17.1 Å². The highest BCUT2D eigenvalue weighted by molar-refractivity contribution is 6.11. The van der Waals surface area contributed by atoms with Crippen molar-refractivity contribution in [1.82, 2.24) is 0 Å². The summed E-state index contributed by atoms with van der Waals surface area (Å²) in [4.78, 5) is 2.34. The van der Waals surface area contributed by atoms with Crippen molar-refractivity contribution in [3.05, 3.63) is 175 Å². The topological polar surface area (TPSA) is 16.4 Å². The van der Waals surface area contributed by atoms with Crippen LogP contribution in [0, 0.1) is 0 Å². The summed E-state index contributed by atoms with van der Waals surface area (Å²) < 4.78 is 6.69. The van der Waals surface area contributed by atoms with Crippen LogP contribution in [-0.4, -0.2) is 0 Å². The third kappa shape index (κ3) is 4.40. The smallest absolute Gasteiger partial charge is 0.137 e. The molecule has 0 saturated carbocycles. The van der Waals surface area contributed by atoms with Crippen molar-refractivity contribution < 1.29 is 4.42 Å². The van der Waals surface area contributed by atoms with Gasteiger partial charge in [0.25, 0.3) is 0 Å². The number of anilines is 3. The highest BCUT2D eigenvalue weighted by Gasteiger charge is 2.37. The van der Waals surface area contributed by atoms with Gasteiger partial charge in [-0.05, 0) is 87.0 Å². The molecule has 0 spiro atoms. The van der Waals surface area contributed by atoms with Gasteiger partial charge >= 0.3 is 0 Å². The lowest BCUT2D eigenvalue weighted by atomic mass is 9.80. The van der Waals surface area contributed by atoms with Gasteiger partial charge in [-0.25, -0.2) is 0 Å². The van der Waals surface area contributed by atoms with E-state index >= 15 is 0 Å². The fourth-order valence-corrected chi connectivity index (χ4v) is 7.62. The number of furan rings is 1. The first-order valence-electron chi connectivity index (χ1n) is 16.3. The van der Waals surface area contributed by atoms with Gasteiger partial charge in [-0.15, -0.1) is 0 Å². The van der Waals surface area contributed by atoms with Crippen molar-refractivity contribution in [2.75, 3.05) is 4.90 Å². The molecule has 0 amide bonds. The van der Waals surface area contributed by atoms with E-state index in [-0.39, 0.29) is 5.41 Å². The van der Waals surface area contributed by atoms with E-state index in [1.165, 1.54) is 49.9 Å². The average molecular weight is 604 g/mol. The molecule has 2 nitrogen and oxygen atoms in total. The number of nitrogens with zero attached hydrogens (tertiary/aromatic N) is 1. The van der Waals surface area contributed by atoms with Crippen LogP contribution in [-0.2, 0) is 5.41 Å². The molecule has 9 rings (SSSR count). The molecule has 2 heteroatoms. The number of rotatable bonds is 5. The molecule has 1 aromatic heterocycles. The Morgan fingerprint density at radius 1 is 0.447 bits per heavy atom. The van der Waals surface area contributed by atoms with Gasteiger partial charge < -0.3 is 9.32 Å². The Labute approximate surface area is 275 Å². The standard InChI is InChI=1S/C45H33NO/c1-45(2)40-22-10-9-21-37(40)38-25-26-41-43(44(38)45)39-24-23-36(29-42(39)47-41)46(34-19-11-17-32(27-34)30-13-5-3-6-14-30)35-20-12-18-33(28-35)31-15-7-4-8-16-31/h3-29H,1-2H3. The van der Waals surface area contributed by atoms with Crippen LogP contribution in [0.3, 0.4) is 0 Å². The SMILES string of the molecule is CC1(C)c2ccccc2-c2ccc3oc4cc(N(c5cccc(-c6ccccc6)c5)c5cccc(-c6ccccc6)c5)ccc4c3c21. The Kier molecular flexibility index (Phi) is 6.20. The lowest BCUT2D eigenvalue weighted by Gasteiger charge is -2.26. The largest absolute Gasteiger partial charge is 0.456 e. The molecule has 1 heterocycles. The summed E-state index contributed by atoms with van der Waals surface area (Å²) in [5.41, 5.74) is 15.0. The summed E-state index contributed by atoms with van der Waals surface area (Å²) in [7, 11) is 0.